The smallest absolute Gasteiger partial charge is 0.243 e. The van der Waals surface area contributed by atoms with Gasteiger partial charge in [-0.25, -0.2) is 0 Å². The number of halogens is 1. The molecule has 1 aromatic rings. The molecule has 0 saturated carbocycles. The predicted molar refractivity (Wildman–Crippen MR) is 82.4 cm³/mol. The first-order chi connectivity index (χ1) is 10.1. The fraction of sp³-hybridized carbons (Fsp3) is 0.467. The maximum atomic E-state index is 11.9. The van der Waals surface area contributed by atoms with Crippen LogP contribution in [-0.4, -0.2) is 25.0 Å². The summed E-state index contributed by atoms with van der Waals surface area (Å²) in [6.45, 7) is 3.08. The zero-order valence-corrected chi connectivity index (χ0v) is 13.5. The number of aryl methyl sites for hydroxylation is 1. The van der Waals surface area contributed by atoms with Crippen LogP contribution >= 0.6 is 15.9 Å². The lowest BCUT2D eigenvalue weighted by molar-refractivity contribution is -0.133. The van der Waals surface area contributed by atoms with E-state index in [4.69, 9.17) is 4.74 Å². The van der Waals surface area contributed by atoms with Crippen LogP contribution in [0, 0.1) is 12.8 Å². The average molecular weight is 355 g/mol. The highest BCUT2D eigenvalue weighted by molar-refractivity contribution is 9.10. The number of hydrazine groups is 1. The molecule has 1 aliphatic rings. The number of carbonyl (C=O) groups excluding carboxylic acids is 2. The van der Waals surface area contributed by atoms with E-state index >= 15 is 0 Å². The Kier molecular flexibility index (Phi) is 5.76. The van der Waals surface area contributed by atoms with E-state index in [1.54, 1.807) is 0 Å². The van der Waals surface area contributed by atoms with Crippen molar-refractivity contribution in [2.24, 2.45) is 5.92 Å². The Morgan fingerprint density at radius 3 is 2.86 bits per heavy atom. The molecule has 1 heterocycles. The lowest BCUT2D eigenvalue weighted by Gasteiger charge is -2.21. The minimum atomic E-state index is -0.231. The van der Waals surface area contributed by atoms with Crippen LogP contribution < -0.4 is 10.9 Å². The van der Waals surface area contributed by atoms with Crippen molar-refractivity contribution in [2.75, 3.05) is 13.2 Å². The van der Waals surface area contributed by atoms with E-state index in [9.17, 15) is 9.59 Å². The minimum Gasteiger partial charge on any atom is -0.381 e. The van der Waals surface area contributed by atoms with Gasteiger partial charge in [-0.2, -0.15) is 0 Å². The van der Waals surface area contributed by atoms with Gasteiger partial charge in [0.15, 0.2) is 0 Å². The van der Waals surface area contributed by atoms with E-state index in [0.717, 1.165) is 28.4 Å². The molecule has 1 atom stereocenters. The van der Waals surface area contributed by atoms with E-state index in [2.05, 4.69) is 26.8 Å². The van der Waals surface area contributed by atoms with Gasteiger partial charge < -0.3 is 4.74 Å². The SMILES string of the molecule is Cc1cc(Br)ccc1CC(=O)NNC(=O)C1CCCOC1. The molecule has 114 valence electrons. The molecule has 0 bridgehead atoms. The van der Waals surface area contributed by atoms with Crippen LogP contribution in [0.1, 0.15) is 24.0 Å². The second kappa shape index (κ2) is 7.56. The van der Waals surface area contributed by atoms with Crippen molar-refractivity contribution in [3.63, 3.8) is 0 Å². The monoisotopic (exact) mass is 354 g/mol. The molecule has 6 heteroatoms. The molecular weight excluding hydrogens is 336 g/mol. The number of rotatable bonds is 3. The number of ether oxygens (including phenoxy) is 1. The Morgan fingerprint density at radius 1 is 1.38 bits per heavy atom. The van der Waals surface area contributed by atoms with Crippen molar-refractivity contribution < 1.29 is 14.3 Å². The number of hydrogen-bond acceptors (Lipinski definition) is 3. The highest BCUT2D eigenvalue weighted by Crippen LogP contribution is 2.16. The average Bonchev–Trinajstić information content (AvgIpc) is 2.48. The van der Waals surface area contributed by atoms with Crippen molar-refractivity contribution in [2.45, 2.75) is 26.2 Å². The summed E-state index contributed by atoms with van der Waals surface area (Å²) in [5.74, 6) is -0.588. The summed E-state index contributed by atoms with van der Waals surface area (Å²) in [6, 6.07) is 5.75. The van der Waals surface area contributed by atoms with Crippen molar-refractivity contribution in [3.05, 3.63) is 33.8 Å². The first kappa shape index (κ1) is 16.0. The quantitative estimate of drug-likeness (QED) is 0.814. The van der Waals surface area contributed by atoms with Gasteiger partial charge in [0.05, 0.1) is 18.9 Å². The summed E-state index contributed by atoms with van der Waals surface area (Å²) >= 11 is 3.39. The highest BCUT2D eigenvalue weighted by atomic mass is 79.9. The van der Waals surface area contributed by atoms with Gasteiger partial charge >= 0.3 is 0 Å². The van der Waals surface area contributed by atoms with Crippen LogP contribution in [0.3, 0.4) is 0 Å². The third-order valence-corrected chi connectivity index (χ3v) is 4.01. The highest BCUT2D eigenvalue weighted by Gasteiger charge is 2.22. The molecule has 1 aromatic carbocycles. The summed E-state index contributed by atoms with van der Waals surface area (Å²) in [5, 5.41) is 0. The molecule has 1 aliphatic heterocycles. The van der Waals surface area contributed by atoms with Crippen LogP contribution in [-0.2, 0) is 20.7 Å². The van der Waals surface area contributed by atoms with Crippen molar-refractivity contribution in [1.82, 2.24) is 10.9 Å². The maximum Gasteiger partial charge on any atom is 0.243 e. The van der Waals surface area contributed by atoms with Crippen LogP contribution in [0.2, 0.25) is 0 Å². The van der Waals surface area contributed by atoms with Crippen molar-refractivity contribution in [3.8, 4) is 0 Å². The Hall–Kier alpha value is -1.40. The normalized spacial score (nSPS) is 18.1. The lowest BCUT2D eigenvalue weighted by atomic mass is 10.0. The Morgan fingerprint density at radius 2 is 2.19 bits per heavy atom. The molecule has 2 rings (SSSR count). The first-order valence-corrected chi connectivity index (χ1v) is 7.77. The molecule has 2 amide bonds. The van der Waals surface area contributed by atoms with Gasteiger partial charge in [0, 0.05) is 11.1 Å². The summed E-state index contributed by atoms with van der Waals surface area (Å²) in [4.78, 5) is 23.7. The molecule has 1 fully saturated rings. The Balaban J connectivity index is 1.80. The second-order valence-electron chi connectivity index (χ2n) is 5.20. The lowest BCUT2D eigenvalue weighted by Crippen LogP contribution is -2.46. The first-order valence-electron chi connectivity index (χ1n) is 6.97. The standard InChI is InChI=1S/C15H19BrN2O3/c1-10-7-13(16)5-4-11(10)8-14(19)17-18-15(20)12-3-2-6-21-9-12/h4-5,7,12H,2-3,6,8-9H2,1H3,(H,17,19)(H,18,20). The van der Waals surface area contributed by atoms with Crippen LogP contribution in [0.15, 0.2) is 22.7 Å². The number of amides is 2. The number of benzene rings is 1. The van der Waals surface area contributed by atoms with Crippen LogP contribution in [0.25, 0.3) is 0 Å². The van der Waals surface area contributed by atoms with Crippen LogP contribution in [0.5, 0.6) is 0 Å². The molecule has 21 heavy (non-hydrogen) atoms. The molecule has 0 aromatic heterocycles. The molecule has 0 aliphatic carbocycles. The van der Waals surface area contributed by atoms with E-state index in [1.807, 2.05) is 25.1 Å². The molecule has 0 spiro atoms. The Labute approximate surface area is 132 Å². The van der Waals surface area contributed by atoms with Crippen LogP contribution in [0.4, 0.5) is 0 Å². The molecule has 1 saturated heterocycles. The second-order valence-corrected chi connectivity index (χ2v) is 6.11. The van der Waals surface area contributed by atoms with E-state index in [-0.39, 0.29) is 24.2 Å². The minimum absolute atomic E-state index is 0.173. The van der Waals surface area contributed by atoms with Gasteiger partial charge in [0.1, 0.15) is 0 Å². The van der Waals surface area contributed by atoms with Gasteiger partial charge in [-0.15, -0.1) is 0 Å². The number of carbonyl (C=O) groups is 2. The van der Waals surface area contributed by atoms with E-state index in [1.165, 1.54) is 0 Å². The summed E-state index contributed by atoms with van der Waals surface area (Å²) in [6.07, 6.45) is 1.91. The van der Waals surface area contributed by atoms with Gasteiger partial charge in [-0.05, 0) is 43.0 Å². The van der Waals surface area contributed by atoms with E-state index < -0.39 is 0 Å². The van der Waals surface area contributed by atoms with Gasteiger partial charge in [0.25, 0.3) is 0 Å². The fourth-order valence-corrected chi connectivity index (χ4v) is 2.73. The third kappa shape index (κ3) is 4.82. The largest absolute Gasteiger partial charge is 0.381 e. The summed E-state index contributed by atoms with van der Waals surface area (Å²) in [5.41, 5.74) is 6.91. The van der Waals surface area contributed by atoms with Crippen molar-refractivity contribution in [1.29, 1.82) is 0 Å². The zero-order valence-electron chi connectivity index (χ0n) is 11.9. The van der Waals surface area contributed by atoms with E-state index in [0.29, 0.717) is 13.2 Å². The molecular formula is C15H19BrN2O3. The number of hydrogen-bond donors (Lipinski definition) is 2. The maximum absolute atomic E-state index is 11.9. The predicted octanol–water partition coefficient (Wildman–Crippen LogP) is 1.87. The molecule has 0 radical (unpaired) electrons. The Bertz CT molecular complexity index is 528. The summed E-state index contributed by atoms with van der Waals surface area (Å²) < 4.78 is 6.24. The van der Waals surface area contributed by atoms with Gasteiger partial charge in [-0.3, -0.25) is 20.4 Å². The zero-order chi connectivity index (χ0) is 15.2. The van der Waals surface area contributed by atoms with Crippen molar-refractivity contribution >= 4 is 27.7 Å². The molecule has 2 N–H and O–H groups in total. The molecule has 5 nitrogen and oxygen atoms in total. The molecule has 1 unspecified atom stereocenters. The fourth-order valence-electron chi connectivity index (χ4n) is 2.26. The topological polar surface area (TPSA) is 67.4 Å². The summed E-state index contributed by atoms with van der Waals surface area (Å²) in [7, 11) is 0. The van der Waals surface area contributed by atoms with Gasteiger partial charge in [0.2, 0.25) is 11.8 Å². The third-order valence-electron chi connectivity index (χ3n) is 3.51. The van der Waals surface area contributed by atoms with Gasteiger partial charge in [-0.1, -0.05) is 22.0 Å². The number of nitrogens with one attached hydrogen (secondary N) is 2.